The van der Waals surface area contributed by atoms with E-state index in [4.69, 9.17) is 11.6 Å². The van der Waals surface area contributed by atoms with Crippen LogP contribution in [0.4, 0.5) is 0 Å². The first-order chi connectivity index (χ1) is 12.3. The highest BCUT2D eigenvalue weighted by molar-refractivity contribution is 7.89. The van der Waals surface area contributed by atoms with Crippen molar-refractivity contribution < 1.29 is 13.2 Å². The summed E-state index contributed by atoms with van der Waals surface area (Å²) in [6.45, 7) is 4.10. The van der Waals surface area contributed by atoms with E-state index < -0.39 is 21.5 Å². The molecule has 0 radical (unpaired) electrons. The molecular formula is C18H24ClN3O3S. The predicted molar refractivity (Wildman–Crippen MR) is 100 cm³/mol. The minimum atomic E-state index is -3.79. The number of rotatable bonds is 6. The molecule has 0 spiro atoms. The minimum Gasteiger partial charge on any atom is -0.334 e. The van der Waals surface area contributed by atoms with Crippen molar-refractivity contribution in [1.29, 1.82) is 5.26 Å². The van der Waals surface area contributed by atoms with Crippen molar-refractivity contribution in [3.05, 3.63) is 28.8 Å². The van der Waals surface area contributed by atoms with Crippen molar-refractivity contribution in [1.82, 2.24) is 9.62 Å². The Hall–Kier alpha value is -1.62. The monoisotopic (exact) mass is 397 g/mol. The summed E-state index contributed by atoms with van der Waals surface area (Å²) in [5.41, 5.74) is -0.701. The molecule has 0 bridgehead atoms. The van der Waals surface area contributed by atoms with Crippen LogP contribution < -0.4 is 5.32 Å². The van der Waals surface area contributed by atoms with E-state index in [2.05, 4.69) is 11.4 Å². The molecule has 1 aliphatic rings. The Morgan fingerprint density at radius 3 is 2.42 bits per heavy atom. The van der Waals surface area contributed by atoms with Crippen LogP contribution in [-0.4, -0.2) is 37.3 Å². The van der Waals surface area contributed by atoms with E-state index in [1.54, 1.807) is 13.8 Å². The number of halogens is 1. The second kappa shape index (κ2) is 8.38. The molecule has 0 aromatic heterocycles. The number of hydrogen-bond donors (Lipinski definition) is 1. The van der Waals surface area contributed by atoms with Crippen molar-refractivity contribution in [3.8, 4) is 6.07 Å². The number of hydrogen-bond acceptors (Lipinski definition) is 4. The lowest BCUT2D eigenvalue weighted by molar-refractivity contribution is 0.0902. The summed E-state index contributed by atoms with van der Waals surface area (Å²) in [7, 11) is -3.79. The molecule has 8 heteroatoms. The first kappa shape index (κ1) is 20.7. The van der Waals surface area contributed by atoms with Crippen LogP contribution >= 0.6 is 11.6 Å². The first-order valence-electron chi connectivity index (χ1n) is 8.83. The zero-order chi connectivity index (χ0) is 19.4. The summed E-state index contributed by atoms with van der Waals surface area (Å²) in [6, 6.07) is 6.41. The highest BCUT2D eigenvalue weighted by Gasteiger charge is 2.34. The SMILES string of the molecule is CCN(CC)S(=O)(=O)c1cc(C(=O)NC2(C#N)CCCCC2)ccc1Cl. The second-order valence-electron chi connectivity index (χ2n) is 6.44. The molecule has 142 valence electrons. The van der Waals surface area contributed by atoms with Crippen LogP contribution in [0.25, 0.3) is 0 Å². The lowest BCUT2D eigenvalue weighted by atomic mass is 9.82. The fourth-order valence-electron chi connectivity index (χ4n) is 3.25. The maximum Gasteiger partial charge on any atom is 0.252 e. The molecule has 1 N–H and O–H groups in total. The number of sulfonamides is 1. The zero-order valence-electron chi connectivity index (χ0n) is 15.1. The maximum atomic E-state index is 12.8. The van der Waals surface area contributed by atoms with Gasteiger partial charge in [0.05, 0.1) is 11.1 Å². The van der Waals surface area contributed by atoms with E-state index >= 15 is 0 Å². The van der Waals surface area contributed by atoms with Gasteiger partial charge in [0.25, 0.3) is 5.91 Å². The number of nitrogens with zero attached hydrogens (tertiary/aromatic N) is 2. The number of carbonyl (C=O) groups excluding carboxylic acids is 1. The van der Waals surface area contributed by atoms with Gasteiger partial charge in [-0.3, -0.25) is 4.79 Å². The van der Waals surface area contributed by atoms with Gasteiger partial charge < -0.3 is 5.32 Å². The van der Waals surface area contributed by atoms with Crippen molar-refractivity contribution in [2.45, 2.75) is 56.4 Å². The highest BCUT2D eigenvalue weighted by Crippen LogP contribution is 2.29. The van der Waals surface area contributed by atoms with Gasteiger partial charge in [-0.1, -0.05) is 44.7 Å². The first-order valence-corrected chi connectivity index (χ1v) is 10.6. The third-order valence-electron chi connectivity index (χ3n) is 4.79. The summed E-state index contributed by atoms with van der Waals surface area (Å²) in [4.78, 5) is 12.6. The molecule has 0 saturated heterocycles. The molecule has 2 rings (SSSR count). The molecule has 1 amide bonds. The summed E-state index contributed by atoms with van der Waals surface area (Å²) in [5, 5.41) is 12.4. The summed E-state index contributed by atoms with van der Waals surface area (Å²) in [6.07, 6.45) is 4.03. The van der Waals surface area contributed by atoms with Gasteiger partial charge in [-0.25, -0.2) is 8.42 Å². The Labute approximate surface area is 160 Å². The predicted octanol–water partition coefficient (Wildman–Crippen LogP) is 3.33. The third-order valence-corrected chi connectivity index (χ3v) is 7.32. The van der Waals surface area contributed by atoms with Crippen LogP contribution in [0.15, 0.2) is 23.1 Å². The van der Waals surface area contributed by atoms with Crippen molar-refractivity contribution in [2.75, 3.05) is 13.1 Å². The number of benzene rings is 1. The van der Waals surface area contributed by atoms with Crippen LogP contribution in [0.3, 0.4) is 0 Å². The average molecular weight is 398 g/mol. The van der Waals surface area contributed by atoms with Crippen LogP contribution in [0, 0.1) is 11.3 Å². The lowest BCUT2D eigenvalue weighted by Crippen LogP contribution is -2.48. The molecule has 0 unspecified atom stereocenters. The van der Waals surface area contributed by atoms with Gasteiger partial charge in [0.1, 0.15) is 10.4 Å². The van der Waals surface area contributed by atoms with Gasteiger partial charge in [0.2, 0.25) is 10.0 Å². The highest BCUT2D eigenvalue weighted by atomic mass is 35.5. The molecule has 1 aromatic carbocycles. The third kappa shape index (κ3) is 4.20. The largest absolute Gasteiger partial charge is 0.334 e. The molecule has 0 aliphatic heterocycles. The maximum absolute atomic E-state index is 12.8. The van der Waals surface area contributed by atoms with Gasteiger partial charge in [-0.15, -0.1) is 0 Å². The molecule has 26 heavy (non-hydrogen) atoms. The van der Waals surface area contributed by atoms with E-state index in [0.29, 0.717) is 25.9 Å². The van der Waals surface area contributed by atoms with E-state index in [-0.39, 0.29) is 15.5 Å². The van der Waals surface area contributed by atoms with Crippen molar-refractivity contribution in [2.24, 2.45) is 0 Å². The molecule has 0 atom stereocenters. The van der Waals surface area contributed by atoms with E-state index in [9.17, 15) is 18.5 Å². The Morgan fingerprint density at radius 1 is 1.27 bits per heavy atom. The van der Waals surface area contributed by atoms with Gasteiger partial charge in [-0.05, 0) is 31.0 Å². The summed E-state index contributed by atoms with van der Waals surface area (Å²) in [5.74, 6) is -0.457. The Balaban J connectivity index is 2.34. The van der Waals surface area contributed by atoms with Gasteiger partial charge >= 0.3 is 0 Å². The summed E-state index contributed by atoms with van der Waals surface area (Å²) >= 11 is 6.10. The zero-order valence-corrected chi connectivity index (χ0v) is 16.7. The van der Waals surface area contributed by atoms with Crippen molar-refractivity contribution in [3.63, 3.8) is 0 Å². The average Bonchev–Trinajstić information content (AvgIpc) is 2.63. The van der Waals surface area contributed by atoms with Gasteiger partial charge in [-0.2, -0.15) is 9.57 Å². The standard InChI is InChI=1S/C18H24ClN3O3S/c1-3-22(4-2)26(24,25)16-12-14(8-9-15(16)19)17(23)21-18(13-20)10-6-5-7-11-18/h8-9,12H,3-7,10-11H2,1-2H3,(H,21,23). The van der Waals surface area contributed by atoms with Crippen LogP contribution in [0.2, 0.25) is 5.02 Å². The molecule has 1 saturated carbocycles. The normalized spacial score (nSPS) is 16.9. The van der Waals surface area contributed by atoms with Crippen LogP contribution in [0.1, 0.15) is 56.3 Å². The smallest absolute Gasteiger partial charge is 0.252 e. The Bertz CT molecular complexity index is 807. The van der Waals surface area contributed by atoms with Gasteiger partial charge in [0.15, 0.2) is 0 Å². The van der Waals surface area contributed by atoms with Crippen LogP contribution in [-0.2, 0) is 10.0 Å². The quantitative estimate of drug-likeness (QED) is 0.797. The fraction of sp³-hybridized carbons (Fsp3) is 0.556. The van der Waals surface area contributed by atoms with E-state index in [1.807, 2.05) is 0 Å². The van der Waals surface area contributed by atoms with Crippen LogP contribution in [0.5, 0.6) is 0 Å². The Kier molecular flexibility index (Phi) is 6.67. The number of nitrogens with one attached hydrogen (secondary N) is 1. The molecule has 1 fully saturated rings. The number of carbonyl (C=O) groups is 1. The second-order valence-corrected chi connectivity index (χ2v) is 8.76. The molecule has 1 aliphatic carbocycles. The molecule has 0 heterocycles. The Morgan fingerprint density at radius 2 is 1.88 bits per heavy atom. The van der Waals surface area contributed by atoms with E-state index in [0.717, 1.165) is 19.3 Å². The van der Waals surface area contributed by atoms with Gasteiger partial charge in [0, 0.05) is 18.7 Å². The minimum absolute atomic E-state index is 0.0705. The molecule has 6 nitrogen and oxygen atoms in total. The fourth-order valence-corrected chi connectivity index (χ4v) is 5.21. The molecular weight excluding hydrogens is 374 g/mol. The topological polar surface area (TPSA) is 90.3 Å². The number of nitriles is 1. The van der Waals surface area contributed by atoms with Crippen molar-refractivity contribution >= 4 is 27.5 Å². The lowest BCUT2D eigenvalue weighted by Gasteiger charge is -2.31. The van der Waals surface area contributed by atoms with E-state index in [1.165, 1.54) is 22.5 Å². The number of amides is 1. The summed E-state index contributed by atoms with van der Waals surface area (Å²) < 4.78 is 26.8. The molecule has 1 aromatic rings.